The van der Waals surface area contributed by atoms with Gasteiger partial charge in [0.15, 0.2) is 0 Å². The number of alkyl halides is 1. The topological polar surface area (TPSA) is 72.4 Å². The number of hydrogen-bond donors (Lipinski definition) is 1. The number of rotatable bonds is 2. The fourth-order valence-corrected chi connectivity index (χ4v) is 5.76. The number of nitriles is 1. The molecule has 1 aromatic carbocycles. The summed E-state index contributed by atoms with van der Waals surface area (Å²) in [6, 6.07) is 10.2. The number of aromatic nitrogens is 1. The second-order valence-corrected chi connectivity index (χ2v) is 9.51. The number of hydrogen-bond acceptors (Lipinski definition) is 6. The molecule has 2 N–H and O–H groups in total. The number of benzene rings is 1. The van der Waals surface area contributed by atoms with Gasteiger partial charge in [-0.3, -0.25) is 4.98 Å². The van der Waals surface area contributed by atoms with Crippen molar-refractivity contribution < 1.29 is 4.39 Å². The second-order valence-electron chi connectivity index (χ2n) is 9.51. The fraction of sp³-hybridized carbons (Fsp3) is 0.385. The van der Waals surface area contributed by atoms with Gasteiger partial charge >= 0.3 is 0 Å². The van der Waals surface area contributed by atoms with Crippen LogP contribution < -0.4 is 10.6 Å². The van der Waals surface area contributed by atoms with Crippen molar-refractivity contribution in [3.05, 3.63) is 70.7 Å². The van der Waals surface area contributed by atoms with Gasteiger partial charge < -0.3 is 20.4 Å². The molecule has 1 aliphatic carbocycles. The lowest BCUT2D eigenvalue weighted by atomic mass is 9.96. The Balaban J connectivity index is 1.32. The number of halogens is 1. The normalized spacial score (nSPS) is 26.8. The zero-order valence-corrected chi connectivity index (χ0v) is 18.7. The predicted octanol–water partition coefficient (Wildman–Crippen LogP) is 3.08. The number of pyridine rings is 1. The molecule has 33 heavy (non-hydrogen) atoms. The number of allylic oxidation sites excluding steroid dienone is 2. The Morgan fingerprint density at radius 2 is 2.03 bits per heavy atom. The zero-order valence-electron chi connectivity index (χ0n) is 18.7. The number of likely N-dealkylation sites (tertiary alicyclic amines) is 1. The highest BCUT2D eigenvalue weighted by Crippen LogP contribution is 2.41. The van der Waals surface area contributed by atoms with E-state index in [2.05, 4.69) is 57.0 Å². The van der Waals surface area contributed by atoms with Crippen molar-refractivity contribution in [2.45, 2.75) is 31.6 Å². The van der Waals surface area contributed by atoms with E-state index in [1.807, 2.05) is 12.1 Å². The van der Waals surface area contributed by atoms with Crippen molar-refractivity contribution in [3.8, 4) is 6.07 Å². The molecule has 6 nitrogen and oxygen atoms in total. The molecule has 3 atom stereocenters. The summed E-state index contributed by atoms with van der Waals surface area (Å²) >= 11 is 0. The predicted molar refractivity (Wildman–Crippen MR) is 127 cm³/mol. The molecule has 1 aromatic heterocycles. The lowest BCUT2D eigenvalue weighted by Crippen LogP contribution is -2.49. The molecule has 6 rings (SSSR count). The Morgan fingerprint density at radius 3 is 2.82 bits per heavy atom. The third-order valence-corrected chi connectivity index (χ3v) is 7.48. The van der Waals surface area contributed by atoms with Gasteiger partial charge in [-0.15, -0.1) is 0 Å². The molecule has 2 fully saturated rings. The highest BCUT2D eigenvalue weighted by molar-refractivity contribution is 5.95. The minimum absolute atomic E-state index is 0.356. The van der Waals surface area contributed by atoms with Gasteiger partial charge in [0.05, 0.1) is 30.2 Å². The lowest BCUT2D eigenvalue weighted by Gasteiger charge is -2.42. The average molecular weight is 443 g/mol. The van der Waals surface area contributed by atoms with Gasteiger partial charge in [-0.2, -0.15) is 5.26 Å². The van der Waals surface area contributed by atoms with Gasteiger partial charge in [-0.1, -0.05) is 6.08 Å². The monoisotopic (exact) mass is 442 g/mol. The van der Waals surface area contributed by atoms with Gasteiger partial charge in [0.25, 0.3) is 0 Å². The van der Waals surface area contributed by atoms with Crippen molar-refractivity contribution >= 4 is 16.6 Å². The van der Waals surface area contributed by atoms with E-state index in [9.17, 15) is 9.65 Å². The van der Waals surface area contributed by atoms with Gasteiger partial charge in [-0.25, -0.2) is 4.39 Å². The van der Waals surface area contributed by atoms with Crippen LogP contribution >= 0.6 is 0 Å². The Kier molecular flexibility index (Phi) is 4.66. The van der Waals surface area contributed by atoms with E-state index in [0.29, 0.717) is 24.7 Å². The van der Waals surface area contributed by atoms with E-state index in [1.165, 1.54) is 16.8 Å². The van der Waals surface area contributed by atoms with Crippen molar-refractivity contribution in [1.29, 1.82) is 5.26 Å². The van der Waals surface area contributed by atoms with Crippen LogP contribution in [0.1, 0.15) is 18.9 Å². The van der Waals surface area contributed by atoms with Crippen molar-refractivity contribution in [3.63, 3.8) is 0 Å². The first-order valence-corrected chi connectivity index (χ1v) is 11.6. The minimum Gasteiger partial charge on any atom is -0.367 e. The minimum atomic E-state index is -0.954. The first-order chi connectivity index (χ1) is 16.0. The van der Waals surface area contributed by atoms with Crippen molar-refractivity contribution in [1.82, 2.24) is 14.8 Å². The molecule has 168 valence electrons. The average Bonchev–Trinajstić information content (AvgIpc) is 3.37. The fourth-order valence-electron chi connectivity index (χ4n) is 5.76. The number of fused-ring (bicyclic) bond motifs is 3. The van der Waals surface area contributed by atoms with Crippen LogP contribution in [0.25, 0.3) is 10.9 Å². The first-order valence-electron chi connectivity index (χ1n) is 11.6. The number of nitrogens with zero attached hydrogens (tertiary/aromatic N) is 5. The number of anilines is 1. The van der Waals surface area contributed by atoms with E-state index < -0.39 is 12.2 Å². The maximum Gasteiger partial charge on any atom is 0.134 e. The molecule has 2 aromatic rings. The van der Waals surface area contributed by atoms with Crippen LogP contribution in [-0.2, 0) is 0 Å². The molecule has 0 spiro atoms. The molecule has 4 heterocycles. The molecule has 0 amide bonds. The summed E-state index contributed by atoms with van der Waals surface area (Å²) in [6.45, 7) is 5.89. The number of piperazine rings is 1. The van der Waals surface area contributed by atoms with Gasteiger partial charge in [0.1, 0.15) is 12.2 Å². The molecule has 4 aliphatic rings. The van der Waals surface area contributed by atoms with Crippen molar-refractivity contribution in [2.75, 3.05) is 37.6 Å². The summed E-state index contributed by atoms with van der Waals surface area (Å²) in [5.41, 5.74) is 13.6. The quantitative estimate of drug-likeness (QED) is 0.771. The lowest BCUT2D eigenvalue weighted by molar-refractivity contribution is 0.274. The third-order valence-electron chi connectivity index (χ3n) is 7.48. The van der Waals surface area contributed by atoms with Crippen LogP contribution in [0.5, 0.6) is 0 Å². The SMILES string of the molecule is C[C@@H]1CN(c2ccc(C#N)c3ncccc23)CC2=C3CC=C(N4C[C@@H](N)[C@H](F)C4)C=C3CN21. The molecule has 7 heteroatoms. The number of nitrogens with two attached hydrogens (primary N) is 1. The molecule has 3 aliphatic heterocycles. The Bertz CT molecular complexity index is 1260. The van der Waals surface area contributed by atoms with E-state index in [0.717, 1.165) is 48.3 Å². The van der Waals surface area contributed by atoms with Crippen LogP contribution in [-0.4, -0.2) is 65.8 Å². The zero-order chi connectivity index (χ0) is 22.7. The summed E-state index contributed by atoms with van der Waals surface area (Å²) in [4.78, 5) is 11.5. The Morgan fingerprint density at radius 1 is 1.15 bits per heavy atom. The second kappa shape index (κ2) is 7.60. The molecule has 0 saturated carbocycles. The van der Waals surface area contributed by atoms with E-state index in [4.69, 9.17) is 5.73 Å². The van der Waals surface area contributed by atoms with Gasteiger partial charge in [0.2, 0.25) is 0 Å². The van der Waals surface area contributed by atoms with Gasteiger partial charge in [0, 0.05) is 54.3 Å². The molecule has 2 saturated heterocycles. The standard InChI is InChI=1S/C26H27FN6/c1-16-11-32(24-7-4-17(10-28)26-21(24)3-2-8-30-26)15-25-20-6-5-19(9-18(20)12-33(16)25)31-13-22(27)23(29)14-31/h2-5,7-9,16,22-23H,6,11-15,29H2,1H3/t16-,22-,23-/m1/s1. The first kappa shape index (κ1) is 20.3. The molecule has 0 unspecified atom stereocenters. The molecular weight excluding hydrogens is 415 g/mol. The summed E-state index contributed by atoms with van der Waals surface area (Å²) in [5, 5.41) is 10.5. The third kappa shape index (κ3) is 3.20. The smallest absolute Gasteiger partial charge is 0.134 e. The van der Waals surface area contributed by atoms with Crippen LogP contribution in [0.15, 0.2) is 65.2 Å². The highest BCUT2D eigenvalue weighted by Gasteiger charge is 2.38. The van der Waals surface area contributed by atoms with Crippen LogP contribution in [0, 0.1) is 11.3 Å². The van der Waals surface area contributed by atoms with Crippen molar-refractivity contribution in [2.24, 2.45) is 5.73 Å². The summed E-state index contributed by atoms with van der Waals surface area (Å²) < 4.78 is 14.0. The maximum absolute atomic E-state index is 14.0. The van der Waals surface area contributed by atoms with Crippen LogP contribution in [0.2, 0.25) is 0 Å². The Labute approximate surface area is 193 Å². The van der Waals surface area contributed by atoms with Crippen LogP contribution in [0.4, 0.5) is 10.1 Å². The highest BCUT2D eigenvalue weighted by atomic mass is 19.1. The molecule has 0 bridgehead atoms. The van der Waals surface area contributed by atoms with E-state index in [-0.39, 0.29) is 0 Å². The maximum atomic E-state index is 14.0. The molecular formula is C26H27FN6. The Hall–Kier alpha value is -3.37. The van der Waals surface area contributed by atoms with E-state index in [1.54, 1.807) is 6.20 Å². The summed E-state index contributed by atoms with van der Waals surface area (Å²) in [5.74, 6) is 0. The molecule has 0 radical (unpaired) electrons. The summed E-state index contributed by atoms with van der Waals surface area (Å²) in [7, 11) is 0. The summed E-state index contributed by atoms with van der Waals surface area (Å²) in [6.07, 6.45) is 6.13. The van der Waals surface area contributed by atoms with Gasteiger partial charge in [-0.05, 0) is 54.8 Å². The largest absolute Gasteiger partial charge is 0.367 e. The van der Waals surface area contributed by atoms with E-state index >= 15 is 0 Å². The van der Waals surface area contributed by atoms with Crippen LogP contribution in [0.3, 0.4) is 0 Å².